The van der Waals surface area contributed by atoms with Crippen molar-refractivity contribution < 1.29 is 0 Å². The molecule has 1 N–H and O–H groups in total. The molecule has 22 heavy (non-hydrogen) atoms. The van der Waals surface area contributed by atoms with E-state index in [0.717, 1.165) is 22.6 Å². The van der Waals surface area contributed by atoms with Crippen molar-refractivity contribution in [3.8, 4) is 11.3 Å². The molecule has 1 aliphatic heterocycles. The molecule has 0 spiro atoms. The third-order valence-electron chi connectivity index (χ3n) is 4.43. The molecule has 0 saturated heterocycles. The fraction of sp³-hybridized carbons (Fsp3) is 0.0500. The van der Waals surface area contributed by atoms with E-state index in [1.165, 1.54) is 27.3 Å². The van der Waals surface area contributed by atoms with Crippen LogP contribution < -0.4 is 5.32 Å². The maximum Gasteiger partial charge on any atom is 0.0829 e. The van der Waals surface area contributed by atoms with Gasteiger partial charge < -0.3 is 5.32 Å². The van der Waals surface area contributed by atoms with E-state index < -0.39 is 0 Å². The third kappa shape index (κ3) is 1.47. The van der Waals surface area contributed by atoms with Gasteiger partial charge in [-0.3, -0.25) is 0 Å². The van der Waals surface area contributed by atoms with Crippen molar-refractivity contribution in [2.75, 3.05) is 5.32 Å². The molecular formula is C20H14N2. The number of benzene rings is 3. The number of anilines is 2. The van der Waals surface area contributed by atoms with Gasteiger partial charge in [0.1, 0.15) is 0 Å². The first kappa shape index (κ1) is 11.8. The van der Waals surface area contributed by atoms with Crippen molar-refractivity contribution in [1.82, 2.24) is 4.98 Å². The Bertz CT molecular complexity index is 1060. The Kier molecular flexibility index (Phi) is 2.18. The second kappa shape index (κ2) is 4.08. The molecular weight excluding hydrogens is 268 g/mol. The number of para-hydroxylation sites is 1. The van der Waals surface area contributed by atoms with Gasteiger partial charge in [-0.05, 0) is 36.6 Å². The maximum atomic E-state index is 4.98. The molecule has 1 aromatic heterocycles. The summed E-state index contributed by atoms with van der Waals surface area (Å²) >= 11 is 0. The van der Waals surface area contributed by atoms with Crippen LogP contribution in [0.4, 0.5) is 11.4 Å². The van der Waals surface area contributed by atoms with E-state index in [1.807, 2.05) is 0 Å². The van der Waals surface area contributed by atoms with E-state index in [0.29, 0.717) is 0 Å². The summed E-state index contributed by atoms with van der Waals surface area (Å²) in [4.78, 5) is 4.98. The Labute approximate surface area is 128 Å². The highest BCUT2D eigenvalue weighted by atomic mass is 14.9. The first-order valence-electron chi connectivity index (χ1n) is 7.51. The van der Waals surface area contributed by atoms with Crippen molar-refractivity contribution in [3.63, 3.8) is 0 Å². The van der Waals surface area contributed by atoms with Crippen LogP contribution >= 0.6 is 0 Å². The first-order chi connectivity index (χ1) is 10.8. The van der Waals surface area contributed by atoms with E-state index in [-0.39, 0.29) is 0 Å². The molecule has 4 aromatic rings. The lowest BCUT2D eigenvalue weighted by Gasteiger charge is -2.22. The number of fused-ring (bicyclic) bond motifs is 4. The normalized spacial score (nSPS) is 12.2. The zero-order chi connectivity index (χ0) is 14.7. The summed E-state index contributed by atoms with van der Waals surface area (Å²) in [6, 6.07) is 21.3. The van der Waals surface area contributed by atoms with Crippen LogP contribution in [0.25, 0.3) is 32.9 Å². The molecule has 5 rings (SSSR count). The summed E-state index contributed by atoms with van der Waals surface area (Å²) in [6.07, 6.45) is 0. The van der Waals surface area contributed by atoms with Crippen molar-refractivity contribution in [3.05, 3.63) is 66.2 Å². The highest BCUT2D eigenvalue weighted by Gasteiger charge is 2.20. The Morgan fingerprint density at radius 3 is 2.64 bits per heavy atom. The van der Waals surface area contributed by atoms with Crippen molar-refractivity contribution in [1.29, 1.82) is 0 Å². The number of hydrogen-bond donors (Lipinski definition) is 1. The van der Waals surface area contributed by atoms with Crippen LogP contribution in [0.15, 0.2) is 60.7 Å². The number of aromatic nitrogens is 1. The minimum Gasteiger partial charge on any atom is -0.354 e. The molecule has 0 radical (unpaired) electrons. The van der Waals surface area contributed by atoms with Crippen molar-refractivity contribution in [2.24, 2.45) is 0 Å². The van der Waals surface area contributed by atoms with Gasteiger partial charge in [-0.15, -0.1) is 0 Å². The Morgan fingerprint density at radius 1 is 0.818 bits per heavy atom. The molecule has 1 aliphatic rings. The second-order valence-corrected chi connectivity index (χ2v) is 5.88. The lowest BCUT2D eigenvalue weighted by atomic mass is 9.94. The van der Waals surface area contributed by atoms with Crippen LogP contribution in [-0.2, 0) is 0 Å². The molecule has 3 aromatic carbocycles. The SMILES string of the molecule is Cc1ccc2nc3c4c(cccc4c2c1)Nc1ccccc1-3. The molecule has 0 aliphatic carbocycles. The number of nitrogens with one attached hydrogen (secondary N) is 1. The van der Waals surface area contributed by atoms with Gasteiger partial charge in [0, 0.05) is 27.7 Å². The molecule has 2 heteroatoms. The minimum absolute atomic E-state index is 1.06. The molecule has 0 atom stereocenters. The molecule has 0 unspecified atom stereocenters. The summed E-state index contributed by atoms with van der Waals surface area (Å²) in [5, 5.41) is 7.26. The summed E-state index contributed by atoms with van der Waals surface area (Å²) in [7, 11) is 0. The van der Waals surface area contributed by atoms with Crippen LogP contribution in [-0.4, -0.2) is 4.98 Å². The molecule has 0 amide bonds. The monoisotopic (exact) mass is 282 g/mol. The molecule has 2 heterocycles. The summed E-state index contributed by atoms with van der Waals surface area (Å²) < 4.78 is 0. The summed E-state index contributed by atoms with van der Waals surface area (Å²) in [5.41, 5.74) is 6.84. The Morgan fingerprint density at radius 2 is 1.68 bits per heavy atom. The quantitative estimate of drug-likeness (QED) is 0.383. The average molecular weight is 282 g/mol. The van der Waals surface area contributed by atoms with Gasteiger partial charge in [0.05, 0.1) is 11.2 Å². The Balaban J connectivity index is 2.04. The van der Waals surface area contributed by atoms with E-state index in [2.05, 4.69) is 72.9 Å². The maximum absolute atomic E-state index is 4.98. The first-order valence-corrected chi connectivity index (χ1v) is 7.51. The third-order valence-corrected chi connectivity index (χ3v) is 4.43. The summed E-state index contributed by atoms with van der Waals surface area (Å²) in [5.74, 6) is 0. The van der Waals surface area contributed by atoms with Crippen LogP contribution in [0.2, 0.25) is 0 Å². The van der Waals surface area contributed by atoms with Crippen molar-refractivity contribution >= 4 is 33.1 Å². The summed E-state index contributed by atoms with van der Waals surface area (Å²) in [6.45, 7) is 2.13. The van der Waals surface area contributed by atoms with E-state index in [4.69, 9.17) is 4.98 Å². The molecule has 2 nitrogen and oxygen atoms in total. The van der Waals surface area contributed by atoms with Crippen LogP contribution in [0.5, 0.6) is 0 Å². The fourth-order valence-electron chi connectivity index (χ4n) is 3.41. The lowest BCUT2D eigenvalue weighted by Crippen LogP contribution is -2.03. The van der Waals surface area contributed by atoms with Gasteiger partial charge in [0.2, 0.25) is 0 Å². The Hall–Kier alpha value is -2.87. The van der Waals surface area contributed by atoms with Gasteiger partial charge in [0.25, 0.3) is 0 Å². The van der Waals surface area contributed by atoms with Gasteiger partial charge in [-0.2, -0.15) is 0 Å². The van der Waals surface area contributed by atoms with E-state index >= 15 is 0 Å². The topological polar surface area (TPSA) is 24.9 Å². The number of pyridine rings is 1. The molecule has 104 valence electrons. The zero-order valence-electron chi connectivity index (χ0n) is 12.2. The highest BCUT2D eigenvalue weighted by molar-refractivity contribution is 6.18. The lowest BCUT2D eigenvalue weighted by molar-refractivity contribution is 1.39. The highest BCUT2D eigenvalue weighted by Crippen LogP contribution is 2.44. The largest absolute Gasteiger partial charge is 0.354 e. The van der Waals surface area contributed by atoms with Gasteiger partial charge in [-0.1, -0.05) is 42.0 Å². The predicted molar refractivity (Wildman–Crippen MR) is 92.7 cm³/mol. The van der Waals surface area contributed by atoms with E-state index in [1.54, 1.807) is 0 Å². The van der Waals surface area contributed by atoms with Gasteiger partial charge >= 0.3 is 0 Å². The minimum atomic E-state index is 1.06. The van der Waals surface area contributed by atoms with Gasteiger partial charge in [0.15, 0.2) is 0 Å². The van der Waals surface area contributed by atoms with Crippen LogP contribution in [0.1, 0.15) is 5.56 Å². The smallest absolute Gasteiger partial charge is 0.0829 e. The standard InChI is InChI=1S/C20H14N2/c1-12-9-10-17-15(11-12)13-6-4-8-18-19(13)20(22-17)14-5-2-3-7-16(14)21-18/h2-11,21H,1H3. The van der Waals surface area contributed by atoms with Gasteiger partial charge in [-0.25, -0.2) is 4.98 Å². The zero-order valence-corrected chi connectivity index (χ0v) is 12.2. The number of aryl methyl sites for hydroxylation is 1. The number of hydrogen-bond acceptors (Lipinski definition) is 2. The molecule has 0 fully saturated rings. The predicted octanol–water partition coefficient (Wildman–Crippen LogP) is 5.42. The van der Waals surface area contributed by atoms with Crippen LogP contribution in [0, 0.1) is 6.92 Å². The number of rotatable bonds is 0. The molecule has 0 bridgehead atoms. The van der Waals surface area contributed by atoms with Crippen molar-refractivity contribution in [2.45, 2.75) is 6.92 Å². The fourth-order valence-corrected chi connectivity index (χ4v) is 3.41. The van der Waals surface area contributed by atoms with Crippen LogP contribution in [0.3, 0.4) is 0 Å². The average Bonchev–Trinajstić information content (AvgIpc) is 2.55. The number of nitrogens with zero attached hydrogens (tertiary/aromatic N) is 1. The molecule has 0 saturated carbocycles. The second-order valence-electron chi connectivity index (χ2n) is 5.88. The van der Waals surface area contributed by atoms with E-state index in [9.17, 15) is 0 Å².